The number of esters is 1. The van der Waals surface area contributed by atoms with Crippen molar-refractivity contribution in [3.05, 3.63) is 10.2 Å². The van der Waals surface area contributed by atoms with Crippen LogP contribution in [-0.4, -0.2) is 13.1 Å². The van der Waals surface area contributed by atoms with Crippen LogP contribution in [0.15, 0.2) is 10.2 Å². The number of halogens is 1. The molecule has 2 N–H and O–H groups in total. The molecule has 0 aliphatic heterocycles. The summed E-state index contributed by atoms with van der Waals surface area (Å²) in [5.74, 6) is -0.739. The standard InChI is InChI=1S/C5H5BrN2O2/c1-10-5(9)3(2-7)4(6)8/h8H2,1H3/b4-3-. The maximum absolute atomic E-state index is 10.6. The molecular weight excluding hydrogens is 200 g/mol. The highest BCUT2D eigenvalue weighted by molar-refractivity contribution is 9.11. The molecule has 0 unspecified atom stereocenters. The van der Waals surface area contributed by atoms with Crippen LogP contribution in [0.3, 0.4) is 0 Å². The van der Waals surface area contributed by atoms with Crippen LogP contribution in [-0.2, 0) is 9.53 Å². The Morgan fingerprint density at radius 2 is 2.30 bits per heavy atom. The van der Waals surface area contributed by atoms with Gasteiger partial charge in [0.1, 0.15) is 10.7 Å². The van der Waals surface area contributed by atoms with Crippen molar-refractivity contribution in [2.45, 2.75) is 0 Å². The Labute approximate surface area is 66.4 Å². The molecule has 4 nitrogen and oxygen atoms in total. The van der Waals surface area contributed by atoms with Gasteiger partial charge in [-0.05, 0) is 15.9 Å². The number of hydrogen-bond donors (Lipinski definition) is 1. The van der Waals surface area contributed by atoms with Crippen molar-refractivity contribution in [3.63, 3.8) is 0 Å². The summed E-state index contributed by atoms with van der Waals surface area (Å²) in [6, 6.07) is 1.59. The third-order valence-electron chi connectivity index (χ3n) is 0.740. The van der Waals surface area contributed by atoms with Crippen molar-refractivity contribution in [2.24, 2.45) is 5.73 Å². The maximum atomic E-state index is 10.6. The van der Waals surface area contributed by atoms with E-state index in [0.717, 1.165) is 0 Å². The van der Waals surface area contributed by atoms with Gasteiger partial charge in [-0.15, -0.1) is 0 Å². The number of rotatable bonds is 1. The van der Waals surface area contributed by atoms with Gasteiger partial charge in [0, 0.05) is 0 Å². The molecule has 0 radical (unpaired) electrons. The molecule has 0 aromatic carbocycles. The van der Waals surface area contributed by atoms with Crippen LogP contribution in [0.5, 0.6) is 0 Å². The van der Waals surface area contributed by atoms with Crippen LogP contribution < -0.4 is 5.73 Å². The first-order valence-corrected chi connectivity index (χ1v) is 3.06. The molecule has 0 spiro atoms. The minimum atomic E-state index is -0.739. The summed E-state index contributed by atoms with van der Waals surface area (Å²) in [4.78, 5) is 10.6. The van der Waals surface area contributed by atoms with Crippen molar-refractivity contribution in [1.82, 2.24) is 0 Å². The first kappa shape index (κ1) is 8.98. The van der Waals surface area contributed by atoms with E-state index in [4.69, 9.17) is 11.0 Å². The first-order chi connectivity index (χ1) is 4.63. The second-order valence-electron chi connectivity index (χ2n) is 1.33. The van der Waals surface area contributed by atoms with Crippen LogP contribution >= 0.6 is 15.9 Å². The monoisotopic (exact) mass is 204 g/mol. The number of ether oxygens (including phenoxy) is 1. The van der Waals surface area contributed by atoms with E-state index >= 15 is 0 Å². The lowest BCUT2D eigenvalue weighted by Crippen LogP contribution is -2.07. The maximum Gasteiger partial charge on any atom is 0.351 e. The zero-order chi connectivity index (χ0) is 8.15. The van der Waals surface area contributed by atoms with Gasteiger partial charge in [0.05, 0.1) is 7.11 Å². The summed E-state index contributed by atoms with van der Waals surface area (Å²) in [6.07, 6.45) is 0. The largest absolute Gasteiger partial charge is 0.465 e. The Balaban J connectivity index is 4.59. The highest BCUT2D eigenvalue weighted by Gasteiger charge is 2.10. The normalized spacial score (nSPS) is 11.3. The SMILES string of the molecule is COC(=O)/C(C#N)=C(\N)Br. The van der Waals surface area contributed by atoms with Crippen LogP contribution in [0.25, 0.3) is 0 Å². The lowest BCUT2D eigenvalue weighted by molar-refractivity contribution is -0.135. The van der Waals surface area contributed by atoms with Gasteiger partial charge in [0.2, 0.25) is 0 Å². The molecule has 0 fully saturated rings. The Hall–Kier alpha value is -1.02. The van der Waals surface area contributed by atoms with Gasteiger partial charge in [0.15, 0.2) is 5.57 Å². The molecule has 0 aliphatic carbocycles. The molecule has 0 heterocycles. The summed E-state index contributed by atoms with van der Waals surface area (Å²) in [5.41, 5.74) is 4.88. The summed E-state index contributed by atoms with van der Waals surface area (Å²) in [6.45, 7) is 0. The van der Waals surface area contributed by atoms with Crippen molar-refractivity contribution in [3.8, 4) is 6.07 Å². The fourth-order valence-corrected chi connectivity index (χ4v) is 0.549. The number of hydrogen-bond acceptors (Lipinski definition) is 4. The third-order valence-corrected chi connectivity index (χ3v) is 1.14. The fraction of sp³-hybridized carbons (Fsp3) is 0.200. The second kappa shape index (κ2) is 3.90. The van der Waals surface area contributed by atoms with Crippen molar-refractivity contribution in [2.75, 3.05) is 7.11 Å². The minimum Gasteiger partial charge on any atom is -0.465 e. The van der Waals surface area contributed by atoms with Gasteiger partial charge >= 0.3 is 5.97 Å². The van der Waals surface area contributed by atoms with E-state index in [1.54, 1.807) is 6.07 Å². The van der Waals surface area contributed by atoms with E-state index in [0.29, 0.717) is 0 Å². The number of carbonyl (C=O) groups excluding carboxylic acids is 1. The van der Waals surface area contributed by atoms with Gasteiger partial charge in [-0.25, -0.2) is 4.79 Å². The zero-order valence-corrected chi connectivity index (χ0v) is 6.81. The Kier molecular flexibility index (Phi) is 3.51. The predicted octanol–water partition coefficient (Wildman–Crippen LogP) is 0.248. The van der Waals surface area contributed by atoms with Crippen LogP contribution in [0, 0.1) is 11.3 Å². The van der Waals surface area contributed by atoms with Crippen LogP contribution in [0.1, 0.15) is 0 Å². The average molecular weight is 205 g/mol. The van der Waals surface area contributed by atoms with E-state index in [2.05, 4.69) is 20.7 Å². The Morgan fingerprint density at radius 1 is 1.80 bits per heavy atom. The first-order valence-electron chi connectivity index (χ1n) is 2.27. The summed E-state index contributed by atoms with van der Waals surface area (Å²) in [7, 11) is 1.18. The van der Waals surface area contributed by atoms with E-state index in [1.807, 2.05) is 0 Å². The molecule has 0 bridgehead atoms. The van der Waals surface area contributed by atoms with Gasteiger partial charge in [-0.1, -0.05) is 0 Å². The number of nitrogens with zero attached hydrogens (tertiary/aromatic N) is 1. The van der Waals surface area contributed by atoms with Gasteiger partial charge in [-0.2, -0.15) is 5.26 Å². The molecule has 0 amide bonds. The molecule has 0 aromatic heterocycles. The molecule has 0 saturated heterocycles. The minimum absolute atomic E-state index is 0.0122. The smallest absolute Gasteiger partial charge is 0.351 e. The van der Waals surface area contributed by atoms with Crippen LogP contribution in [0.2, 0.25) is 0 Å². The zero-order valence-electron chi connectivity index (χ0n) is 5.22. The molecule has 54 valence electrons. The molecule has 0 aromatic rings. The summed E-state index contributed by atoms with van der Waals surface area (Å²) < 4.78 is 4.22. The van der Waals surface area contributed by atoms with E-state index in [-0.39, 0.29) is 10.2 Å². The van der Waals surface area contributed by atoms with Gasteiger partial charge in [-0.3, -0.25) is 0 Å². The van der Waals surface area contributed by atoms with E-state index in [1.165, 1.54) is 7.11 Å². The summed E-state index contributed by atoms with van der Waals surface area (Å²) in [5, 5.41) is 8.28. The van der Waals surface area contributed by atoms with E-state index < -0.39 is 5.97 Å². The third kappa shape index (κ3) is 2.07. The quantitative estimate of drug-likeness (QED) is 0.288. The Morgan fingerprint density at radius 3 is 2.40 bits per heavy atom. The number of nitriles is 1. The van der Waals surface area contributed by atoms with Crippen molar-refractivity contribution < 1.29 is 9.53 Å². The van der Waals surface area contributed by atoms with Gasteiger partial charge in [0.25, 0.3) is 0 Å². The van der Waals surface area contributed by atoms with E-state index in [9.17, 15) is 4.79 Å². The lowest BCUT2D eigenvalue weighted by atomic mass is 10.3. The molecule has 5 heteroatoms. The number of carbonyl (C=O) groups is 1. The number of methoxy groups -OCH3 is 1. The highest BCUT2D eigenvalue weighted by atomic mass is 79.9. The number of nitrogens with two attached hydrogens (primary N) is 1. The molecular formula is C5H5BrN2O2. The molecule has 10 heavy (non-hydrogen) atoms. The molecule has 0 aliphatic rings. The van der Waals surface area contributed by atoms with Gasteiger partial charge < -0.3 is 10.5 Å². The fourth-order valence-electron chi connectivity index (χ4n) is 0.299. The average Bonchev–Trinajstić information content (AvgIpc) is 1.88. The Bertz CT molecular complexity index is 212. The summed E-state index contributed by atoms with van der Waals surface area (Å²) >= 11 is 2.78. The predicted molar refractivity (Wildman–Crippen MR) is 37.8 cm³/mol. The molecule has 0 saturated carbocycles. The second-order valence-corrected chi connectivity index (χ2v) is 2.18. The topological polar surface area (TPSA) is 76.1 Å². The van der Waals surface area contributed by atoms with Crippen molar-refractivity contribution in [1.29, 1.82) is 5.26 Å². The lowest BCUT2D eigenvalue weighted by Gasteiger charge is -1.94. The molecule has 0 atom stereocenters. The van der Waals surface area contributed by atoms with Crippen LogP contribution in [0.4, 0.5) is 0 Å². The van der Waals surface area contributed by atoms with Crippen molar-refractivity contribution >= 4 is 21.9 Å². The highest BCUT2D eigenvalue weighted by Crippen LogP contribution is 2.05. The molecule has 0 rings (SSSR count).